The summed E-state index contributed by atoms with van der Waals surface area (Å²) in [6, 6.07) is 23.1. The Morgan fingerprint density at radius 3 is 2.46 bits per heavy atom. The molecule has 5 aromatic rings. The minimum atomic E-state index is -0.347. The van der Waals surface area contributed by atoms with Gasteiger partial charge in [0.25, 0.3) is 5.56 Å². The molecule has 8 nitrogen and oxygen atoms in total. The van der Waals surface area contributed by atoms with Crippen molar-refractivity contribution in [3.63, 3.8) is 0 Å². The maximum absolute atomic E-state index is 13.5. The Labute approximate surface area is 239 Å². The standard InChI is InChI=1S/C29H25BrClN7O/c1-36-13-15-37(16-14-36)22-11-9-21(10-12-22)33-29-32-18-23-27(34-29)26(19-5-4-6-20(30)17-19)35-38(28(23)39)25-8-3-2-7-24(25)31/h2-12,17-18H,13-16H2,1H3,(H,32,33,34). The maximum Gasteiger partial charge on any atom is 0.282 e. The number of rotatable bonds is 5. The number of nitrogens with one attached hydrogen (secondary N) is 1. The zero-order valence-corrected chi connectivity index (χ0v) is 23.5. The maximum atomic E-state index is 13.5. The van der Waals surface area contributed by atoms with E-state index in [1.54, 1.807) is 18.3 Å². The summed E-state index contributed by atoms with van der Waals surface area (Å²) in [5, 5.41) is 8.78. The number of hydrogen-bond acceptors (Lipinski definition) is 7. The van der Waals surface area contributed by atoms with Gasteiger partial charge in [-0.2, -0.15) is 9.78 Å². The van der Waals surface area contributed by atoms with Gasteiger partial charge in [0.1, 0.15) is 11.2 Å². The molecule has 1 N–H and O–H groups in total. The lowest BCUT2D eigenvalue weighted by Crippen LogP contribution is -2.44. The number of fused-ring (bicyclic) bond motifs is 1. The second kappa shape index (κ2) is 10.8. The van der Waals surface area contributed by atoms with Crippen LogP contribution in [-0.4, -0.2) is 57.9 Å². The molecule has 0 aliphatic carbocycles. The first-order valence-electron chi connectivity index (χ1n) is 12.6. The lowest BCUT2D eigenvalue weighted by molar-refractivity contribution is 0.313. The van der Waals surface area contributed by atoms with Gasteiger partial charge >= 0.3 is 0 Å². The highest BCUT2D eigenvalue weighted by molar-refractivity contribution is 9.10. The van der Waals surface area contributed by atoms with Crippen LogP contribution in [0.1, 0.15) is 0 Å². The van der Waals surface area contributed by atoms with Gasteiger partial charge in [-0.15, -0.1) is 0 Å². The van der Waals surface area contributed by atoms with Gasteiger partial charge in [0.15, 0.2) is 0 Å². The Balaban J connectivity index is 1.40. The van der Waals surface area contributed by atoms with Crippen LogP contribution in [0.2, 0.25) is 5.02 Å². The Hall–Kier alpha value is -3.79. The Kier molecular flexibility index (Phi) is 7.03. The number of nitrogens with zero attached hydrogens (tertiary/aromatic N) is 6. The van der Waals surface area contributed by atoms with Crippen LogP contribution in [0.3, 0.4) is 0 Å². The van der Waals surface area contributed by atoms with Crippen molar-refractivity contribution in [2.45, 2.75) is 0 Å². The molecule has 39 heavy (non-hydrogen) atoms. The first kappa shape index (κ1) is 25.5. The van der Waals surface area contributed by atoms with Crippen LogP contribution < -0.4 is 15.8 Å². The first-order chi connectivity index (χ1) is 19.0. The van der Waals surface area contributed by atoms with Crippen molar-refractivity contribution in [1.82, 2.24) is 24.6 Å². The topological polar surface area (TPSA) is 79.2 Å². The summed E-state index contributed by atoms with van der Waals surface area (Å²) in [6.07, 6.45) is 1.54. The van der Waals surface area contributed by atoms with E-state index < -0.39 is 0 Å². The summed E-state index contributed by atoms with van der Waals surface area (Å²) in [7, 11) is 2.15. The fourth-order valence-electron chi connectivity index (χ4n) is 4.65. The van der Waals surface area contributed by atoms with E-state index in [-0.39, 0.29) is 5.56 Å². The van der Waals surface area contributed by atoms with Gasteiger partial charge in [-0.1, -0.05) is 51.8 Å². The fourth-order valence-corrected chi connectivity index (χ4v) is 5.27. The molecular weight excluding hydrogens is 578 g/mol. The van der Waals surface area contributed by atoms with E-state index in [9.17, 15) is 4.79 Å². The minimum absolute atomic E-state index is 0.343. The third kappa shape index (κ3) is 5.25. The second-order valence-electron chi connectivity index (χ2n) is 9.45. The lowest BCUT2D eigenvalue weighted by Gasteiger charge is -2.34. The third-order valence-corrected chi connectivity index (χ3v) is 7.62. The van der Waals surface area contributed by atoms with E-state index in [4.69, 9.17) is 21.7 Å². The number of hydrogen-bond donors (Lipinski definition) is 1. The average molecular weight is 603 g/mol. The molecule has 1 aliphatic rings. The molecule has 196 valence electrons. The van der Waals surface area contributed by atoms with Crippen molar-refractivity contribution in [3.8, 4) is 16.9 Å². The van der Waals surface area contributed by atoms with Crippen LogP contribution in [0.25, 0.3) is 27.8 Å². The summed E-state index contributed by atoms with van der Waals surface area (Å²) in [4.78, 5) is 27.5. The highest BCUT2D eigenvalue weighted by atomic mass is 79.9. The molecular formula is C29H25BrClN7O. The molecule has 10 heteroatoms. The fraction of sp³-hybridized carbons (Fsp3) is 0.172. The molecule has 3 heterocycles. The average Bonchev–Trinajstić information content (AvgIpc) is 2.95. The van der Waals surface area contributed by atoms with Gasteiger partial charge in [-0.3, -0.25) is 4.79 Å². The quantitative estimate of drug-likeness (QED) is 0.274. The van der Waals surface area contributed by atoms with E-state index in [0.29, 0.717) is 33.3 Å². The summed E-state index contributed by atoms with van der Waals surface area (Å²) in [5.41, 5.74) is 3.99. The van der Waals surface area contributed by atoms with Crippen LogP contribution in [0.5, 0.6) is 0 Å². The number of likely N-dealkylation sites (N-methyl/N-ethyl adjacent to an activating group) is 1. The van der Waals surface area contributed by atoms with Gasteiger partial charge in [-0.05, 0) is 55.6 Å². The molecule has 0 unspecified atom stereocenters. The van der Waals surface area contributed by atoms with E-state index in [1.165, 1.54) is 10.4 Å². The molecule has 1 aliphatic heterocycles. The molecule has 6 rings (SSSR count). The number of benzene rings is 3. The van der Waals surface area contributed by atoms with Crippen molar-refractivity contribution in [1.29, 1.82) is 0 Å². The predicted octanol–water partition coefficient (Wildman–Crippen LogP) is 5.75. The molecule has 2 aromatic heterocycles. The first-order valence-corrected chi connectivity index (χ1v) is 13.7. The Morgan fingerprint density at radius 2 is 1.72 bits per heavy atom. The molecule has 0 amide bonds. The van der Waals surface area contributed by atoms with Crippen LogP contribution in [0, 0.1) is 0 Å². The van der Waals surface area contributed by atoms with Crippen LogP contribution in [-0.2, 0) is 0 Å². The molecule has 0 radical (unpaired) electrons. The Morgan fingerprint density at radius 1 is 0.949 bits per heavy atom. The second-order valence-corrected chi connectivity index (χ2v) is 10.8. The number of para-hydroxylation sites is 1. The summed E-state index contributed by atoms with van der Waals surface area (Å²) in [5.74, 6) is 0.378. The number of halogens is 2. The van der Waals surface area contributed by atoms with Crippen molar-refractivity contribution in [3.05, 3.63) is 98.8 Å². The van der Waals surface area contributed by atoms with Gasteiger partial charge in [0, 0.05) is 53.8 Å². The van der Waals surface area contributed by atoms with Crippen molar-refractivity contribution in [2.75, 3.05) is 43.4 Å². The molecule has 0 atom stereocenters. The van der Waals surface area contributed by atoms with E-state index in [1.807, 2.05) is 48.5 Å². The third-order valence-electron chi connectivity index (χ3n) is 6.81. The van der Waals surface area contributed by atoms with Crippen molar-refractivity contribution < 1.29 is 0 Å². The highest BCUT2D eigenvalue weighted by Crippen LogP contribution is 2.29. The normalized spacial score (nSPS) is 14.1. The van der Waals surface area contributed by atoms with Gasteiger partial charge < -0.3 is 15.1 Å². The molecule has 1 saturated heterocycles. The molecule has 1 fully saturated rings. The van der Waals surface area contributed by atoms with Crippen LogP contribution in [0.4, 0.5) is 17.3 Å². The summed E-state index contributed by atoms with van der Waals surface area (Å²) < 4.78 is 2.20. The summed E-state index contributed by atoms with van der Waals surface area (Å²) >= 11 is 9.98. The Bertz CT molecular complexity index is 1720. The minimum Gasteiger partial charge on any atom is -0.369 e. The van der Waals surface area contributed by atoms with Gasteiger partial charge in [0.05, 0.1) is 16.1 Å². The highest BCUT2D eigenvalue weighted by Gasteiger charge is 2.18. The monoisotopic (exact) mass is 601 g/mol. The predicted molar refractivity (Wildman–Crippen MR) is 161 cm³/mol. The zero-order chi connectivity index (χ0) is 26.9. The number of piperazine rings is 1. The number of anilines is 3. The van der Waals surface area contributed by atoms with E-state index in [2.05, 4.69) is 55.2 Å². The number of aromatic nitrogens is 4. The van der Waals surface area contributed by atoms with Crippen LogP contribution in [0.15, 0.2) is 88.3 Å². The van der Waals surface area contributed by atoms with E-state index in [0.717, 1.165) is 41.9 Å². The molecule has 0 bridgehead atoms. The largest absolute Gasteiger partial charge is 0.369 e. The lowest BCUT2D eigenvalue weighted by atomic mass is 10.1. The van der Waals surface area contributed by atoms with Gasteiger partial charge in [0.2, 0.25) is 5.95 Å². The van der Waals surface area contributed by atoms with Gasteiger partial charge in [-0.25, -0.2) is 9.97 Å². The zero-order valence-electron chi connectivity index (χ0n) is 21.2. The van der Waals surface area contributed by atoms with Crippen molar-refractivity contribution in [2.24, 2.45) is 0 Å². The molecule has 0 saturated carbocycles. The smallest absolute Gasteiger partial charge is 0.282 e. The summed E-state index contributed by atoms with van der Waals surface area (Å²) in [6.45, 7) is 4.12. The van der Waals surface area contributed by atoms with Crippen molar-refractivity contribution >= 4 is 55.8 Å². The van der Waals surface area contributed by atoms with Crippen LogP contribution >= 0.6 is 27.5 Å². The SMILES string of the molecule is CN1CCN(c2ccc(Nc3ncc4c(=O)n(-c5ccccc5Cl)nc(-c5cccc(Br)c5)c4n3)cc2)CC1. The molecule has 0 spiro atoms. The molecule has 3 aromatic carbocycles. The van der Waals surface area contributed by atoms with E-state index >= 15 is 0 Å².